The molecule has 0 spiro atoms. The van der Waals surface area contributed by atoms with Crippen molar-refractivity contribution < 1.29 is 9.90 Å². The van der Waals surface area contributed by atoms with E-state index in [1.807, 2.05) is 61.2 Å². The quantitative estimate of drug-likeness (QED) is 0.839. The van der Waals surface area contributed by atoms with Gasteiger partial charge in [-0.1, -0.05) is 18.2 Å². The van der Waals surface area contributed by atoms with Crippen LogP contribution in [0.1, 0.15) is 54.7 Å². The second-order valence-electron chi connectivity index (χ2n) is 7.50. The van der Waals surface area contributed by atoms with Crippen LogP contribution >= 0.6 is 0 Å². The van der Waals surface area contributed by atoms with Crippen LogP contribution in [0.3, 0.4) is 0 Å². The van der Waals surface area contributed by atoms with Gasteiger partial charge in [0.15, 0.2) is 0 Å². The maximum absolute atomic E-state index is 13.0. The van der Waals surface area contributed by atoms with Crippen molar-refractivity contribution >= 4 is 5.91 Å². The Balaban J connectivity index is 1.73. The average molecular weight is 338 g/mol. The number of benzene rings is 1. The van der Waals surface area contributed by atoms with Crippen LogP contribution in [0.15, 0.2) is 48.7 Å². The Hall–Kier alpha value is -2.20. The van der Waals surface area contributed by atoms with E-state index in [-0.39, 0.29) is 5.91 Å². The molecule has 1 heterocycles. The second kappa shape index (κ2) is 7.36. The summed E-state index contributed by atoms with van der Waals surface area (Å²) in [6.45, 7) is 4.17. The first-order valence-corrected chi connectivity index (χ1v) is 8.94. The number of carbonyl (C=O) groups excluding carboxylic acids is 1. The van der Waals surface area contributed by atoms with Crippen molar-refractivity contribution in [3.05, 3.63) is 65.5 Å². The fraction of sp³-hybridized carbons (Fsp3) is 0.429. The summed E-state index contributed by atoms with van der Waals surface area (Å²) in [5.74, 6) is 0.0678. The summed E-state index contributed by atoms with van der Waals surface area (Å²) in [6, 6.07) is 13.9. The van der Waals surface area contributed by atoms with E-state index in [1.165, 1.54) is 0 Å². The summed E-state index contributed by atoms with van der Waals surface area (Å²) in [5, 5.41) is 9.91. The number of aryl methyl sites for hydroxylation is 1. The Kier molecular flexibility index (Phi) is 5.19. The Labute approximate surface area is 149 Å². The van der Waals surface area contributed by atoms with Gasteiger partial charge >= 0.3 is 0 Å². The number of amides is 1. The molecule has 2 aromatic rings. The van der Waals surface area contributed by atoms with E-state index < -0.39 is 5.60 Å². The second-order valence-corrected chi connectivity index (χ2v) is 7.50. The van der Waals surface area contributed by atoms with Crippen molar-refractivity contribution in [2.45, 2.75) is 57.7 Å². The molecule has 0 aliphatic heterocycles. The van der Waals surface area contributed by atoms with Gasteiger partial charge < -0.3 is 10.0 Å². The van der Waals surface area contributed by atoms with Gasteiger partial charge in [-0.2, -0.15) is 0 Å². The van der Waals surface area contributed by atoms with Gasteiger partial charge in [0.1, 0.15) is 0 Å². The van der Waals surface area contributed by atoms with Crippen LogP contribution in [-0.4, -0.2) is 32.5 Å². The van der Waals surface area contributed by atoms with Gasteiger partial charge in [0.2, 0.25) is 0 Å². The van der Waals surface area contributed by atoms with Gasteiger partial charge in [-0.15, -0.1) is 0 Å². The molecule has 132 valence electrons. The van der Waals surface area contributed by atoms with Gasteiger partial charge in [0.05, 0.1) is 17.8 Å². The lowest BCUT2D eigenvalue weighted by molar-refractivity contribution is 0.0714. The summed E-state index contributed by atoms with van der Waals surface area (Å²) in [5.41, 5.74) is 2.03. The number of rotatable bonds is 7. The van der Waals surface area contributed by atoms with Crippen LogP contribution in [-0.2, 0) is 13.0 Å². The van der Waals surface area contributed by atoms with E-state index in [0.717, 1.165) is 36.1 Å². The van der Waals surface area contributed by atoms with Crippen molar-refractivity contribution in [2.24, 2.45) is 0 Å². The number of aliphatic hydroxyl groups is 1. The van der Waals surface area contributed by atoms with E-state index in [4.69, 9.17) is 0 Å². The largest absolute Gasteiger partial charge is 0.390 e. The van der Waals surface area contributed by atoms with Crippen molar-refractivity contribution in [3.63, 3.8) is 0 Å². The molecule has 25 heavy (non-hydrogen) atoms. The molecule has 1 fully saturated rings. The summed E-state index contributed by atoms with van der Waals surface area (Å²) < 4.78 is 0. The van der Waals surface area contributed by atoms with E-state index >= 15 is 0 Å². The van der Waals surface area contributed by atoms with Gasteiger partial charge in [-0.3, -0.25) is 9.78 Å². The molecule has 1 aromatic carbocycles. The van der Waals surface area contributed by atoms with Crippen LogP contribution < -0.4 is 0 Å². The van der Waals surface area contributed by atoms with E-state index in [0.29, 0.717) is 19.0 Å². The van der Waals surface area contributed by atoms with Crippen molar-refractivity contribution in [2.75, 3.05) is 0 Å². The lowest BCUT2D eigenvalue weighted by Gasteiger charge is -2.22. The fourth-order valence-electron chi connectivity index (χ4n) is 2.90. The molecule has 0 saturated heterocycles. The minimum Gasteiger partial charge on any atom is -0.390 e. The highest BCUT2D eigenvalue weighted by molar-refractivity contribution is 5.94. The highest BCUT2D eigenvalue weighted by Crippen LogP contribution is 2.29. The average Bonchev–Trinajstić information content (AvgIpc) is 3.43. The molecule has 0 unspecified atom stereocenters. The molecule has 1 amide bonds. The summed E-state index contributed by atoms with van der Waals surface area (Å²) in [7, 11) is 0. The maximum Gasteiger partial charge on any atom is 0.254 e. The minimum absolute atomic E-state index is 0.0678. The maximum atomic E-state index is 13.0. The molecule has 1 saturated carbocycles. The molecule has 0 radical (unpaired) electrons. The first-order valence-electron chi connectivity index (χ1n) is 8.94. The van der Waals surface area contributed by atoms with Gasteiger partial charge in [0.25, 0.3) is 5.91 Å². The molecule has 0 atom stereocenters. The molecule has 0 bridgehead atoms. The first-order chi connectivity index (χ1) is 11.9. The Morgan fingerprint density at radius 2 is 2.04 bits per heavy atom. The Morgan fingerprint density at radius 1 is 1.24 bits per heavy atom. The van der Waals surface area contributed by atoms with E-state index in [9.17, 15) is 9.90 Å². The van der Waals surface area contributed by atoms with E-state index in [2.05, 4.69) is 4.98 Å². The van der Waals surface area contributed by atoms with Crippen molar-refractivity contribution in [1.82, 2.24) is 9.88 Å². The number of pyridine rings is 1. The highest BCUT2D eigenvalue weighted by atomic mass is 16.3. The van der Waals surface area contributed by atoms with Crippen LogP contribution in [0.5, 0.6) is 0 Å². The summed E-state index contributed by atoms with van der Waals surface area (Å²) in [4.78, 5) is 19.3. The molecule has 4 nitrogen and oxygen atoms in total. The number of hydrogen-bond acceptors (Lipinski definition) is 3. The molecule has 3 rings (SSSR count). The molecule has 1 aromatic heterocycles. The SMILES string of the molecule is CC(C)(O)CCc1cccc(C(=O)N(Cc2ccccn2)C2CC2)c1. The monoisotopic (exact) mass is 338 g/mol. The molecule has 1 aliphatic carbocycles. The highest BCUT2D eigenvalue weighted by Gasteiger charge is 2.33. The number of hydrogen-bond donors (Lipinski definition) is 1. The molecule has 1 aliphatic rings. The van der Waals surface area contributed by atoms with Crippen LogP contribution in [0.2, 0.25) is 0 Å². The van der Waals surface area contributed by atoms with Crippen LogP contribution in [0.25, 0.3) is 0 Å². The summed E-state index contributed by atoms with van der Waals surface area (Å²) in [6.07, 6.45) is 5.33. The predicted octanol–water partition coefficient (Wildman–Crippen LogP) is 3.59. The predicted molar refractivity (Wildman–Crippen MR) is 98.2 cm³/mol. The minimum atomic E-state index is -0.695. The zero-order valence-electron chi connectivity index (χ0n) is 15.0. The molecule has 1 N–H and O–H groups in total. The fourth-order valence-corrected chi connectivity index (χ4v) is 2.90. The lowest BCUT2D eigenvalue weighted by Crippen LogP contribution is -2.33. The number of carbonyl (C=O) groups is 1. The molecular weight excluding hydrogens is 312 g/mol. The van der Waals surface area contributed by atoms with Crippen LogP contribution in [0, 0.1) is 0 Å². The zero-order chi connectivity index (χ0) is 17.9. The Bertz CT molecular complexity index is 718. The third kappa shape index (κ3) is 5.13. The first kappa shape index (κ1) is 17.6. The third-order valence-electron chi connectivity index (χ3n) is 4.51. The van der Waals surface area contributed by atoms with Crippen LogP contribution in [0.4, 0.5) is 0 Å². The van der Waals surface area contributed by atoms with Gasteiger partial charge in [0, 0.05) is 17.8 Å². The molecule has 4 heteroatoms. The van der Waals surface area contributed by atoms with Crippen molar-refractivity contribution in [1.29, 1.82) is 0 Å². The topological polar surface area (TPSA) is 53.4 Å². The smallest absolute Gasteiger partial charge is 0.254 e. The summed E-state index contributed by atoms with van der Waals surface area (Å²) >= 11 is 0. The van der Waals surface area contributed by atoms with Crippen molar-refractivity contribution in [3.8, 4) is 0 Å². The lowest BCUT2D eigenvalue weighted by atomic mass is 9.97. The standard InChI is InChI=1S/C21H26N2O2/c1-21(2,25)12-11-16-6-5-7-17(14-16)20(24)23(19-9-10-19)15-18-8-3-4-13-22-18/h3-8,13-14,19,25H,9-12,15H2,1-2H3. The zero-order valence-corrected chi connectivity index (χ0v) is 15.0. The Morgan fingerprint density at radius 3 is 2.68 bits per heavy atom. The van der Waals surface area contributed by atoms with Gasteiger partial charge in [-0.25, -0.2) is 0 Å². The molecular formula is C21H26N2O2. The van der Waals surface area contributed by atoms with Gasteiger partial charge in [-0.05, 0) is 69.4 Å². The number of aromatic nitrogens is 1. The number of nitrogens with zero attached hydrogens (tertiary/aromatic N) is 2. The normalized spacial score (nSPS) is 14.4. The third-order valence-corrected chi connectivity index (χ3v) is 4.51. The van der Waals surface area contributed by atoms with E-state index in [1.54, 1.807) is 6.20 Å².